The summed E-state index contributed by atoms with van der Waals surface area (Å²) in [7, 11) is 1.77. The molecule has 20 heavy (non-hydrogen) atoms. The number of amides is 1. The van der Waals surface area contributed by atoms with Crippen LogP contribution in [-0.4, -0.2) is 20.8 Å². The SMILES string of the molecule is Cn1ccc(NC(=O)c2ccc3ccccc3c2O)n1. The first-order chi connectivity index (χ1) is 9.65. The lowest BCUT2D eigenvalue weighted by atomic mass is 10.0. The molecule has 2 N–H and O–H groups in total. The zero-order valence-corrected chi connectivity index (χ0v) is 10.9. The molecule has 0 radical (unpaired) electrons. The van der Waals surface area contributed by atoms with Crippen molar-refractivity contribution in [2.45, 2.75) is 0 Å². The van der Waals surface area contributed by atoms with Crippen LogP contribution >= 0.6 is 0 Å². The van der Waals surface area contributed by atoms with Crippen LogP contribution < -0.4 is 5.32 Å². The van der Waals surface area contributed by atoms with Crippen molar-refractivity contribution in [1.82, 2.24) is 9.78 Å². The Morgan fingerprint density at radius 2 is 2.00 bits per heavy atom. The van der Waals surface area contributed by atoms with E-state index in [9.17, 15) is 9.90 Å². The number of carbonyl (C=O) groups excluding carboxylic acids is 1. The zero-order valence-electron chi connectivity index (χ0n) is 10.9. The van der Waals surface area contributed by atoms with Crippen molar-refractivity contribution in [3.8, 4) is 5.75 Å². The fourth-order valence-electron chi connectivity index (χ4n) is 2.10. The number of nitrogens with zero attached hydrogens (tertiary/aromatic N) is 2. The quantitative estimate of drug-likeness (QED) is 0.749. The van der Waals surface area contributed by atoms with Gasteiger partial charge in [0.1, 0.15) is 5.75 Å². The lowest BCUT2D eigenvalue weighted by molar-refractivity contribution is 0.102. The summed E-state index contributed by atoms with van der Waals surface area (Å²) in [6.45, 7) is 0. The monoisotopic (exact) mass is 267 g/mol. The number of aromatic hydroxyl groups is 1. The summed E-state index contributed by atoms with van der Waals surface area (Å²) in [6, 6.07) is 12.5. The van der Waals surface area contributed by atoms with Gasteiger partial charge in [0.15, 0.2) is 5.82 Å². The highest BCUT2D eigenvalue weighted by Crippen LogP contribution is 2.28. The number of benzene rings is 2. The third-order valence-corrected chi connectivity index (χ3v) is 3.10. The fourth-order valence-corrected chi connectivity index (χ4v) is 2.10. The zero-order chi connectivity index (χ0) is 14.1. The molecule has 0 aliphatic carbocycles. The summed E-state index contributed by atoms with van der Waals surface area (Å²) >= 11 is 0. The molecule has 0 spiro atoms. The number of rotatable bonds is 2. The minimum atomic E-state index is -0.382. The summed E-state index contributed by atoms with van der Waals surface area (Å²) in [4.78, 5) is 12.2. The molecule has 0 atom stereocenters. The van der Waals surface area contributed by atoms with Crippen LogP contribution in [0, 0.1) is 0 Å². The van der Waals surface area contributed by atoms with Gasteiger partial charge in [-0.25, -0.2) is 0 Å². The maximum absolute atomic E-state index is 12.2. The molecule has 0 saturated heterocycles. The van der Waals surface area contributed by atoms with Gasteiger partial charge in [0.2, 0.25) is 0 Å². The Kier molecular flexibility index (Phi) is 2.87. The highest BCUT2D eigenvalue weighted by molar-refractivity contribution is 6.09. The molecule has 1 amide bonds. The Balaban J connectivity index is 1.97. The molecule has 0 unspecified atom stereocenters. The molecule has 0 bridgehead atoms. The van der Waals surface area contributed by atoms with Gasteiger partial charge in [-0.05, 0) is 11.5 Å². The number of phenolic OH excluding ortho intramolecular Hbond substituents is 1. The van der Waals surface area contributed by atoms with Gasteiger partial charge in [0.25, 0.3) is 5.91 Å². The number of aromatic nitrogens is 2. The first-order valence-corrected chi connectivity index (χ1v) is 6.17. The molecule has 2 aromatic carbocycles. The lowest BCUT2D eigenvalue weighted by Crippen LogP contribution is -2.12. The third kappa shape index (κ3) is 2.09. The molecule has 100 valence electrons. The van der Waals surface area contributed by atoms with E-state index in [2.05, 4.69) is 10.4 Å². The topological polar surface area (TPSA) is 67.2 Å². The van der Waals surface area contributed by atoms with Crippen molar-refractivity contribution in [1.29, 1.82) is 0 Å². The minimum Gasteiger partial charge on any atom is -0.506 e. The number of hydrogen-bond acceptors (Lipinski definition) is 3. The predicted octanol–water partition coefficient (Wildman–Crippen LogP) is 2.53. The van der Waals surface area contributed by atoms with E-state index in [4.69, 9.17) is 0 Å². The van der Waals surface area contributed by atoms with Crippen molar-refractivity contribution < 1.29 is 9.90 Å². The van der Waals surface area contributed by atoms with Crippen LogP contribution in [0.2, 0.25) is 0 Å². The average molecular weight is 267 g/mol. The maximum Gasteiger partial charge on any atom is 0.260 e. The molecule has 1 aromatic heterocycles. The van der Waals surface area contributed by atoms with Gasteiger partial charge in [-0.1, -0.05) is 30.3 Å². The first kappa shape index (κ1) is 12.2. The summed E-state index contributed by atoms with van der Waals surface area (Å²) in [5.41, 5.74) is 0.231. The van der Waals surface area contributed by atoms with E-state index in [1.54, 1.807) is 36.1 Å². The first-order valence-electron chi connectivity index (χ1n) is 6.17. The van der Waals surface area contributed by atoms with E-state index in [1.807, 2.05) is 24.3 Å². The second kappa shape index (κ2) is 4.70. The van der Waals surface area contributed by atoms with E-state index in [1.165, 1.54) is 0 Å². The van der Waals surface area contributed by atoms with Crippen molar-refractivity contribution in [3.63, 3.8) is 0 Å². The van der Waals surface area contributed by atoms with Crippen molar-refractivity contribution in [2.24, 2.45) is 7.05 Å². The van der Waals surface area contributed by atoms with Gasteiger partial charge in [-0.3, -0.25) is 9.48 Å². The molecule has 1 heterocycles. The van der Waals surface area contributed by atoms with Crippen molar-refractivity contribution in [3.05, 3.63) is 54.2 Å². The second-order valence-electron chi connectivity index (χ2n) is 4.51. The average Bonchev–Trinajstić information content (AvgIpc) is 2.84. The summed E-state index contributed by atoms with van der Waals surface area (Å²) in [5.74, 6) is 0.0496. The van der Waals surface area contributed by atoms with Gasteiger partial charge in [-0.2, -0.15) is 5.10 Å². The van der Waals surface area contributed by atoms with Crippen LogP contribution in [0.3, 0.4) is 0 Å². The van der Waals surface area contributed by atoms with E-state index in [0.717, 1.165) is 5.39 Å². The van der Waals surface area contributed by atoms with Crippen LogP contribution in [0.5, 0.6) is 5.75 Å². The molecule has 5 nitrogen and oxygen atoms in total. The Labute approximate surface area is 115 Å². The number of nitrogens with one attached hydrogen (secondary N) is 1. The largest absolute Gasteiger partial charge is 0.506 e. The van der Waals surface area contributed by atoms with E-state index < -0.39 is 0 Å². The smallest absolute Gasteiger partial charge is 0.260 e. The van der Waals surface area contributed by atoms with Gasteiger partial charge in [0.05, 0.1) is 5.56 Å². The van der Waals surface area contributed by atoms with Crippen LogP contribution in [0.25, 0.3) is 10.8 Å². The minimum absolute atomic E-state index is 0.0171. The van der Waals surface area contributed by atoms with Crippen LogP contribution in [0.15, 0.2) is 48.7 Å². The summed E-state index contributed by atoms with van der Waals surface area (Å²) in [6.07, 6.45) is 1.73. The molecule has 3 rings (SSSR count). The van der Waals surface area contributed by atoms with Crippen LogP contribution in [0.4, 0.5) is 5.82 Å². The molecule has 0 fully saturated rings. The number of carbonyl (C=O) groups is 1. The van der Waals surface area contributed by atoms with Gasteiger partial charge in [0, 0.05) is 24.7 Å². The number of anilines is 1. The Morgan fingerprint density at radius 3 is 2.75 bits per heavy atom. The summed E-state index contributed by atoms with van der Waals surface area (Å²) in [5, 5.41) is 18.5. The van der Waals surface area contributed by atoms with Gasteiger partial charge < -0.3 is 10.4 Å². The Morgan fingerprint density at radius 1 is 1.20 bits per heavy atom. The molecule has 0 aliphatic heterocycles. The van der Waals surface area contributed by atoms with Crippen molar-refractivity contribution in [2.75, 3.05) is 5.32 Å². The number of fused-ring (bicyclic) bond motifs is 1. The summed E-state index contributed by atoms with van der Waals surface area (Å²) < 4.78 is 1.59. The molecule has 0 saturated carbocycles. The highest BCUT2D eigenvalue weighted by Gasteiger charge is 2.14. The predicted molar refractivity (Wildman–Crippen MR) is 76.8 cm³/mol. The fraction of sp³-hybridized carbons (Fsp3) is 0.0667. The van der Waals surface area contributed by atoms with E-state index in [-0.39, 0.29) is 17.2 Å². The third-order valence-electron chi connectivity index (χ3n) is 3.10. The van der Waals surface area contributed by atoms with E-state index >= 15 is 0 Å². The molecular formula is C15H13N3O2. The highest BCUT2D eigenvalue weighted by atomic mass is 16.3. The molecule has 5 heteroatoms. The number of hydrogen-bond donors (Lipinski definition) is 2. The van der Waals surface area contributed by atoms with Crippen LogP contribution in [-0.2, 0) is 7.05 Å². The standard InChI is InChI=1S/C15H13N3O2/c1-18-9-8-13(17-18)16-15(20)12-7-6-10-4-2-3-5-11(10)14(12)19/h2-9,19H,1H3,(H,16,17,20). The number of phenols is 1. The van der Waals surface area contributed by atoms with Gasteiger partial charge in [-0.15, -0.1) is 0 Å². The van der Waals surface area contributed by atoms with Crippen molar-refractivity contribution >= 4 is 22.5 Å². The number of aryl methyl sites for hydroxylation is 1. The lowest BCUT2D eigenvalue weighted by Gasteiger charge is -2.07. The maximum atomic E-state index is 12.2. The van der Waals surface area contributed by atoms with Gasteiger partial charge >= 0.3 is 0 Å². The van der Waals surface area contributed by atoms with E-state index in [0.29, 0.717) is 11.2 Å². The molecule has 0 aliphatic rings. The molecular weight excluding hydrogens is 254 g/mol. The second-order valence-corrected chi connectivity index (χ2v) is 4.51. The normalized spacial score (nSPS) is 10.7. The Hall–Kier alpha value is -2.82. The molecule has 3 aromatic rings. The Bertz CT molecular complexity index is 793. The van der Waals surface area contributed by atoms with Crippen LogP contribution in [0.1, 0.15) is 10.4 Å².